The Morgan fingerprint density at radius 2 is 2.00 bits per heavy atom. The molecule has 1 saturated carbocycles. The van der Waals surface area contributed by atoms with Gasteiger partial charge in [0.05, 0.1) is 16.6 Å². The number of amides is 2. The van der Waals surface area contributed by atoms with Crippen LogP contribution in [0.25, 0.3) is 10.2 Å². The highest BCUT2D eigenvalue weighted by atomic mass is 32.1. The second-order valence-corrected chi connectivity index (χ2v) is 9.63. The van der Waals surface area contributed by atoms with Crippen molar-refractivity contribution in [2.75, 3.05) is 14.1 Å². The number of nitrogens with zero attached hydrogens (tertiary/aromatic N) is 3. The summed E-state index contributed by atoms with van der Waals surface area (Å²) in [5.41, 5.74) is 0.997. The second-order valence-electron chi connectivity index (χ2n) is 8.60. The van der Waals surface area contributed by atoms with Gasteiger partial charge >= 0.3 is 0 Å². The van der Waals surface area contributed by atoms with Crippen LogP contribution in [0.3, 0.4) is 0 Å². The Balaban J connectivity index is 1.71. The molecule has 2 aromatic rings. The maximum absolute atomic E-state index is 12.9. The molecule has 0 spiro atoms. The molecule has 160 valence electrons. The topological polar surface area (TPSA) is 67.2 Å². The third-order valence-corrected chi connectivity index (χ3v) is 7.13. The molecule has 1 aliphatic rings. The van der Waals surface area contributed by atoms with Crippen molar-refractivity contribution in [3.05, 3.63) is 16.6 Å². The van der Waals surface area contributed by atoms with Gasteiger partial charge in [0.2, 0.25) is 5.91 Å². The lowest BCUT2D eigenvalue weighted by Gasteiger charge is -2.23. The van der Waals surface area contributed by atoms with Crippen LogP contribution in [0.15, 0.2) is 6.07 Å². The quantitative estimate of drug-likeness (QED) is 0.718. The van der Waals surface area contributed by atoms with Crippen LogP contribution in [-0.2, 0) is 4.79 Å². The molecule has 0 radical (unpaired) electrons. The smallest absolute Gasteiger partial charge is 0.261 e. The van der Waals surface area contributed by atoms with Gasteiger partial charge in [-0.05, 0) is 45.6 Å². The number of carbonyl (C=O) groups is 2. The number of thiophene rings is 1. The maximum atomic E-state index is 12.9. The molecule has 0 aliphatic heterocycles. The lowest BCUT2D eigenvalue weighted by Crippen LogP contribution is -2.37. The number of nitrogens with one attached hydrogen (secondary N) is 1. The molecule has 1 aliphatic carbocycles. The van der Waals surface area contributed by atoms with Gasteiger partial charge in [-0.25, -0.2) is 0 Å². The van der Waals surface area contributed by atoms with E-state index >= 15 is 0 Å². The van der Waals surface area contributed by atoms with E-state index in [9.17, 15) is 9.59 Å². The van der Waals surface area contributed by atoms with Crippen molar-refractivity contribution in [2.45, 2.75) is 77.8 Å². The standard InChI is InChI=1S/C22H34N4O2S/c1-6-16(21(28)25(4)5)12-14(2)23-20(27)19-13-18-15(3)24-26(22(18)29-19)17-10-8-7-9-11-17/h13-14,16-17H,6-12H2,1-5H3,(H,23,27)/t14-,16-/m1/s1. The zero-order valence-electron chi connectivity index (χ0n) is 18.3. The normalized spacial score (nSPS) is 17.3. The summed E-state index contributed by atoms with van der Waals surface area (Å²) in [4.78, 5) is 28.6. The van der Waals surface area contributed by atoms with E-state index in [1.807, 2.05) is 26.8 Å². The summed E-state index contributed by atoms with van der Waals surface area (Å²) in [5, 5.41) is 8.96. The molecule has 29 heavy (non-hydrogen) atoms. The van der Waals surface area contributed by atoms with Gasteiger partial charge in [0, 0.05) is 31.4 Å². The summed E-state index contributed by atoms with van der Waals surface area (Å²) < 4.78 is 2.16. The highest BCUT2D eigenvalue weighted by molar-refractivity contribution is 7.20. The fraction of sp³-hybridized carbons (Fsp3) is 0.682. The largest absolute Gasteiger partial charge is 0.349 e. The van der Waals surface area contributed by atoms with Crippen molar-refractivity contribution in [1.29, 1.82) is 0 Å². The van der Waals surface area contributed by atoms with Crippen LogP contribution in [0.1, 0.15) is 80.2 Å². The van der Waals surface area contributed by atoms with Gasteiger partial charge in [-0.3, -0.25) is 14.3 Å². The minimum atomic E-state index is -0.0650. The summed E-state index contributed by atoms with van der Waals surface area (Å²) in [6.07, 6.45) is 7.59. The van der Waals surface area contributed by atoms with Crippen molar-refractivity contribution >= 4 is 33.4 Å². The summed E-state index contributed by atoms with van der Waals surface area (Å²) in [6, 6.07) is 2.37. The van der Waals surface area contributed by atoms with Crippen molar-refractivity contribution in [1.82, 2.24) is 20.0 Å². The van der Waals surface area contributed by atoms with E-state index in [2.05, 4.69) is 10.00 Å². The zero-order valence-corrected chi connectivity index (χ0v) is 19.1. The van der Waals surface area contributed by atoms with Crippen molar-refractivity contribution in [3.8, 4) is 0 Å². The Kier molecular flexibility index (Phi) is 6.98. The average Bonchev–Trinajstić information content (AvgIpc) is 3.27. The van der Waals surface area contributed by atoms with Crippen LogP contribution in [-0.4, -0.2) is 46.6 Å². The van der Waals surface area contributed by atoms with Crippen LogP contribution in [0.5, 0.6) is 0 Å². The van der Waals surface area contributed by atoms with E-state index < -0.39 is 0 Å². The fourth-order valence-corrected chi connectivity index (χ4v) is 5.48. The number of rotatable bonds is 7. The molecule has 1 N–H and O–H groups in total. The van der Waals surface area contributed by atoms with Crippen molar-refractivity contribution in [2.24, 2.45) is 5.92 Å². The van der Waals surface area contributed by atoms with Gasteiger partial charge in [-0.2, -0.15) is 5.10 Å². The first-order valence-electron chi connectivity index (χ1n) is 10.8. The molecular weight excluding hydrogens is 384 g/mol. The monoisotopic (exact) mass is 418 g/mol. The molecular formula is C22H34N4O2S. The molecule has 0 unspecified atom stereocenters. The second kappa shape index (κ2) is 9.28. The van der Waals surface area contributed by atoms with E-state index in [4.69, 9.17) is 5.10 Å². The molecule has 2 heterocycles. The average molecular weight is 419 g/mol. The van der Waals surface area contributed by atoms with Crippen LogP contribution >= 0.6 is 11.3 Å². The van der Waals surface area contributed by atoms with Gasteiger partial charge in [0.1, 0.15) is 4.83 Å². The van der Waals surface area contributed by atoms with E-state index in [1.54, 1.807) is 19.0 Å². The van der Waals surface area contributed by atoms with Crippen LogP contribution in [0.4, 0.5) is 0 Å². The summed E-state index contributed by atoms with van der Waals surface area (Å²) in [5.74, 6) is 0.00363. The molecule has 0 aromatic carbocycles. The number of carbonyl (C=O) groups excluding carboxylic acids is 2. The van der Waals surface area contributed by atoms with Gasteiger partial charge in [-0.15, -0.1) is 11.3 Å². The van der Waals surface area contributed by atoms with Gasteiger partial charge < -0.3 is 10.2 Å². The van der Waals surface area contributed by atoms with Crippen LogP contribution < -0.4 is 5.32 Å². The minimum absolute atomic E-state index is 0.0551. The summed E-state index contributed by atoms with van der Waals surface area (Å²) >= 11 is 1.54. The van der Waals surface area contributed by atoms with E-state index in [-0.39, 0.29) is 23.8 Å². The fourth-order valence-electron chi connectivity index (χ4n) is 4.34. The lowest BCUT2D eigenvalue weighted by atomic mass is 9.96. The Labute approximate surface area is 177 Å². The van der Waals surface area contributed by atoms with Gasteiger partial charge in [-0.1, -0.05) is 26.2 Å². The third kappa shape index (κ3) is 4.82. The predicted octanol–water partition coefficient (Wildman–Crippen LogP) is 4.53. The van der Waals surface area contributed by atoms with E-state index in [0.29, 0.717) is 12.5 Å². The molecule has 7 heteroatoms. The number of aryl methyl sites for hydroxylation is 1. The Hall–Kier alpha value is -1.89. The molecule has 2 atom stereocenters. The first-order chi connectivity index (χ1) is 13.8. The van der Waals surface area contributed by atoms with Gasteiger partial charge in [0.25, 0.3) is 5.91 Å². The molecule has 0 saturated heterocycles. The predicted molar refractivity (Wildman–Crippen MR) is 118 cm³/mol. The number of hydrogen-bond donors (Lipinski definition) is 1. The Bertz CT molecular complexity index is 864. The van der Waals surface area contributed by atoms with Gasteiger partial charge in [0.15, 0.2) is 0 Å². The number of hydrogen-bond acceptors (Lipinski definition) is 4. The molecule has 2 amide bonds. The summed E-state index contributed by atoms with van der Waals surface area (Å²) in [7, 11) is 3.56. The number of fused-ring (bicyclic) bond motifs is 1. The Morgan fingerprint density at radius 3 is 2.62 bits per heavy atom. The highest BCUT2D eigenvalue weighted by Gasteiger charge is 2.25. The maximum Gasteiger partial charge on any atom is 0.261 e. The molecule has 0 bridgehead atoms. The van der Waals surface area contributed by atoms with Crippen LogP contribution in [0.2, 0.25) is 0 Å². The number of aromatic nitrogens is 2. The SMILES string of the molecule is CC[C@H](C[C@@H](C)NC(=O)c1cc2c(C)nn(C3CCCCC3)c2s1)C(=O)N(C)C. The Morgan fingerprint density at radius 1 is 1.31 bits per heavy atom. The van der Waals surface area contributed by atoms with Crippen molar-refractivity contribution < 1.29 is 9.59 Å². The summed E-state index contributed by atoms with van der Waals surface area (Å²) in [6.45, 7) is 6.02. The molecule has 3 rings (SSSR count). The highest BCUT2D eigenvalue weighted by Crippen LogP contribution is 2.35. The first kappa shape index (κ1) is 21.8. The third-order valence-electron chi connectivity index (χ3n) is 6.01. The molecule has 2 aromatic heterocycles. The van der Waals surface area contributed by atoms with Crippen LogP contribution in [0, 0.1) is 12.8 Å². The van der Waals surface area contributed by atoms with E-state index in [0.717, 1.165) is 27.2 Å². The molecule has 1 fully saturated rings. The lowest BCUT2D eigenvalue weighted by molar-refractivity contribution is -0.133. The zero-order chi connectivity index (χ0) is 21.1. The first-order valence-corrected chi connectivity index (χ1v) is 11.6. The minimum Gasteiger partial charge on any atom is -0.349 e. The van der Waals surface area contributed by atoms with E-state index in [1.165, 1.54) is 43.4 Å². The molecule has 6 nitrogen and oxygen atoms in total. The van der Waals surface area contributed by atoms with Crippen molar-refractivity contribution in [3.63, 3.8) is 0 Å².